The van der Waals surface area contributed by atoms with Crippen molar-refractivity contribution in [1.82, 2.24) is 5.32 Å². The summed E-state index contributed by atoms with van der Waals surface area (Å²) in [5.41, 5.74) is 7.14. The molecule has 2 aliphatic rings. The number of nitrogens with one attached hydrogen (secondary N) is 1. The van der Waals surface area contributed by atoms with Crippen LogP contribution in [0.5, 0.6) is 0 Å². The van der Waals surface area contributed by atoms with Crippen LogP contribution in [0.1, 0.15) is 58.7 Å². The van der Waals surface area contributed by atoms with E-state index in [1.165, 1.54) is 7.11 Å². The molecule has 0 spiro atoms. The number of hydrogen-bond acceptors (Lipinski definition) is 8. The van der Waals surface area contributed by atoms with Crippen LogP contribution in [-0.4, -0.2) is 57.0 Å². The number of alkyl carbamates (subject to hydrolysis) is 1. The Kier molecular flexibility index (Phi) is 9.27. The number of carbonyl (C=O) groups is 4. The fourth-order valence-electron chi connectivity index (χ4n) is 6.73. The Morgan fingerprint density at radius 2 is 1.40 bits per heavy atom. The molecule has 3 aromatic carbocycles. The third-order valence-electron chi connectivity index (χ3n) is 9.00. The van der Waals surface area contributed by atoms with Crippen LogP contribution in [0.15, 0.2) is 54.6 Å². The molecular formula is C36H39NO8. The van der Waals surface area contributed by atoms with Crippen molar-refractivity contribution in [2.75, 3.05) is 26.9 Å². The molecule has 0 fully saturated rings. The lowest BCUT2D eigenvalue weighted by molar-refractivity contribution is -0.171. The van der Waals surface area contributed by atoms with Gasteiger partial charge in [0.15, 0.2) is 5.41 Å². The molecule has 236 valence electrons. The predicted octanol–water partition coefficient (Wildman–Crippen LogP) is 5.14. The van der Waals surface area contributed by atoms with Gasteiger partial charge in [-0.25, -0.2) is 9.59 Å². The van der Waals surface area contributed by atoms with Crippen molar-refractivity contribution in [3.63, 3.8) is 0 Å². The summed E-state index contributed by atoms with van der Waals surface area (Å²) in [5, 5.41) is 2.70. The Balaban J connectivity index is 1.34. The van der Waals surface area contributed by atoms with Crippen LogP contribution in [-0.2, 0) is 52.6 Å². The van der Waals surface area contributed by atoms with Crippen LogP contribution in [0, 0.1) is 19.3 Å². The molecule has 2 aliphatic carbocycles. The third-order valence-corrected chi connectivity index (χ3v) is 9.00. The Morgan fingerprint density at radius 1 is 0.844 bits per heavy atom. The number of amides is 1. The maximum atomic E-state index is 13.1. The predicted molar refractivity (Wildman–Crippen MR) is 167 cm³/mol. The number of benzene rings is 3. The van der Waals surface area contributed by atoms with E-state index in [9.17, 15) is 19.2 Å². The minimum atomic E-state index is -1.47. The van der Waals surface area contributed by atoms with Gasteiger partial charge in [-0.05, 0) is 77.8 Å². The van der Waals surface area contributed by atoms with Gasteiger partial charge in [-0.2, -0.15) is 0 Å². The molecule has 0 aromatic heterocycles. The Labute approximate surface area is 263 Å². The Morgan fingerprint density at radius 3 is 1.96 bits per heavy atom. The summed E-state index contributed by atoms with van der Waals surface area (Å²) in [7, 11) is 1.27. The van der Waals surface area contributed by atoms with Crippen LogP contribution in [0.2, 0.25) is 0 Å². The monoisotopic (exact) mass is 613 g/mol. The van der Waals surface area contributed by atoms with E-state index in [1.54, 1.807) is 13.8 Å². The van der Waals surface area contributed by atoms with E-state index < -0.39 is 35.5 Å². The molecule has 1 N–H and O–H groups in total. The molecule has 9 nitrogen and oxygen atoms in total. The van der Waals surface area contributed by atoms with Crippen molar-refractivity contribution < 1.29 is 38.1 Å². The van der Waals surface area contributed by atoms with Crippen molar-refractivity contribution in [2.45, 2.75) is 58.9 Å². The summed E-state index contributed by atoms with van der Waals surface area (Å²) >= 11 is 0. The van der Waals surface area contributed by atoms with Crippen molar-refractivity contribution in [3.8, 4) is 11.1 Å². The highest BCUT2D eigenvalue weighted by Gasteiger charge is 2.54. The lowest BCUT2D eigenvalue weighted by Crippen LogP contribution is -2.43. The highest BCUT2D eigenvalue weighted by atomic mass is 16.6. The molecule has 0 saturated carbocycles. The Bertz CT molecular complexity index is 1580. The minimum absolute atomic E-state index is 0.106. The number of aryl methyl sites for hydroxylation is 1. The van der Waals surface area contributed by atoms with Gasteiger partial charge in [-0.15, -0.1) is 0 Å². The minimum Gasteiger partial charge on any atom is -0.467 e. The van der Waals surface area contributed by atoms with Gasteiger partial charge in [-0.3, -0.25) is 9.59 Å². The first-order valence-electron chi connectivity index (χ1n) is 15.3. The van der Waals surface area contributed by atoms with E-state index >= 15 is 0 Å². The number of hydrogen-bond donors (Lipinski definition) is 1. The molecular weight excluding hydrogens is 574 g/mol. The standard InChI is InChI=1S/C36H39NO8/c1-6-43-33(39)36(34(40)44-7-2)18-28-21(3)16-23(22(4)29(28)19-36)17-31(32(38)42-5)37-35(41)45-20-30-26-14-10-8-12-24(26)25-13-9-11-15-27(25)30/h8-16,30-31H,6-7,17-20H2,1-5H3,(H,37,41)/t31-/m1/s1. The second-order valence-electron chi connectivity index (χ2n) is 11.6. The van der Waals surface area contributed by atoms with E-state index in [4.69, 9.17) is 18.9 Å². The van der Waals surface area contributed by atoms with E-state index in [1.807, 2.05) is 56.3 Å². The van der Waals surface area contributed by atoms with Gasteiger partial charge >= 0.3 is 24.0 Å². The van der Waals surface area contributed by atoms with Gasteiger partial charge in [-0.1, -0.05) is 54.6 Å². The van der Waals surface area contributed by atoms with Crippen molar-refractivity contribution in [1.29, 1.82) is 0 Å². The van der Waals surface area contributed by atoms with Crippen molar-refractivity contribution in [2.24, 2.45) is 5.41 Å². The molecule has 1 amide bonds. The van der Waals surface area contributed by atoms with E-state index in [0.29, 0.717) is 0 Å². The molecule has 0 unspecified atom stereocenters. The second-order valence-corrected chi connectivity index (χ2v) is 11.6. The summed E-state index contributed by atoms with van der Waals surface area (Å²) in [6, 6.07) is 17.0. The molecule has 0 bridgehead atoms. The first kappa shape index (κ1) is 31.8. The van der Waals surface area contributed by atoms with Gasteiger partial charge in [0.05, 0.1) is 20.3 Å². The number of methoxy groups -OCH3 is 1. The zero-order chi connectivity index (χ0) is 32.3. The number of esters is 3. The molecule has 0 heterocycles. The van der Waals surface area contributed by atoms with Crippen molar-refractivity contribution in [3.05, 3.63) is 93.5 Å². The quantitative estimate of drug-likeness (QED) is 0.190. The van der Waals surface area contributed by atoms with Gasteiger partial charge in [0.2, 0.25) is 0 Å². The van der Waals surface area contributed by atoms with Gasteiger partial charge < -0.3 is 24.3 Å². The largest absolute Gasteiger partial charge is 0.467 e. The highest BCUT2D eigenvalue weighted by Crippen LogP contribution is 2.45. The molecule has 3 aromatic rings. The first-order valence-corrected chi connectivity index (χ1v) is 15.3. The van der Waals surface area contributed by atoms with Crippen LogP contribution >= 0.6 is 0 Å². The van der Waals surface area contributed by atoms with Crippen molar-refractivity contribution >= 4 is 24.0 Å². The first-order chi connectivity index (χ1) is 21.6. The SMILES string of the molecule is CCOC(=O)C1(C(=O)OCC)Cc2c(C)cc(C[C@@H](NC(=O)OCC3c4ccccc4-c4ccccc43)C(=O)OC)c(C)c2C1. The summed E-state index contributed by atoms with van der Waals surface area (Å²) in [5.74, 6) is -1.96. The highest BCUT2D eigenvalue weighted by molar-refractivity contribution is 6.02. The van der Waals surface area contributed by atoms with Crippen LogP contribution in [0.3, 0.4) is 0 Å². The van der Waals surface area contributed by atoms with Gasteiger partial charge in [0.25, 0.3) is 0 Å². The van der Waals surface area contributed by atoms with Crippen LogP contribution in [0.25, 0.3) is 11.1 Å². The zero-order valence-corrected chi connectivity index (χ0v) is 26.4. The molecule has 9 heteroatoms. The normalized spacial score (nSPS) is 14.9. The average Bonchev–Trinajstić information content (AvgIpc) is 3.61. The number of fused-ring (bicyclic) bond motifs is 4. The zero-order valence-electron chi connectivity index (χ0n) is 26.4. The third kappa shape index (κ3) is 5.91. The average molecular weight is 614 g/mol. The van der Waals surface area contributed by atoms with E-state index in [-0.39, 0.29) is 45.0 Å². The molecule has 0 radical (unpaired) electrons. The maximum absolute atomic E-state index is 13.1. The Hall–Kier alpha value is -4.66. The summed E-state index contributed by atoms with van der Waals surface area (Å²) < 4.78 is 21.4. The van der Waals surface area contributed by atoms with Gasteiger partial charge in [0, 0.05) is 25.2 Å². The smallest absolute Gasteiger partial charge is 0.407 e. The second kappa shape index (κ2) is 13.1. The van der Waals surface area contributed by atoms with Crippen LogP contribution in [0.4, 0.5) is 4.79 Å². The lowest BCUT2D eigenvalue weighted by atomic mass is 9.84. The van der Waals surface area contributed by atoms with E-state index in [2.05, 4.69) is 17.4 Å². The maximum Gasteiger partial charge on any atom is 0.407 e. The molecule has 0 aliphatic heterocycles. The topological polar surface area (TPSA) is 117 Å². The fourth-order valence-corrected chi connectivity index (χ4v) is 6.73. The fraction of sp³-hybridized carbons (Fsp3) is 0.389. The lowest BCUT2D eigenvalue weighted by Gasteiger charge is -2.24. The van der Waals surface area contributed by atoms with E-state index in [0.717, 1.165) is 50.1 Å². The molecule has 1 atom stereocenters. The molecule has 5 rings (SSSR count). The molecule has 45 heavy (non-hydrogen) atoms. The number of ether oxygens (including phenoxy) is 4. The summed E-state index contributed by atoms with van der Waals surface area (Å²) in [4.78, 5) is 52.2. The van der Waals surface area contributed by atoms with Gasteiger partial charge in [0.1, 0.15) is 12.6 Å². The number of carbonyl (C=O) groups excluding carboxylic acids is 4. The molecule has 0 saturated heterocycles. The summed E-state index contributed by atoms with van der Waals surface area (Å²) in [6.45, 7) is 7.58. The number of rotatable bonds is 10. The van der Waals surface area contributed by atoms with Crippen LogP contribution < -0.4 is 5.32 Å². The summed E-state index contributed by atoms with van der Waals surface area (Å²) in [6.07, 6.45) is -0.302.